The van der Waals surface area contributed by atoms with Crippen LogP contribution < -0.4 is 11.1 Å². The average molecular weight is 204 g/mol. The molecule has 0 heterocycles. The fourth-order valence-electron chi connectivity index (χ4n) is 2.04. The molecule has 0 saturated heterocycles. The highest BCUT2D eigenvalue weighted by atomic mass is 14.9. The van der Waals surface area contributed by atoms with Crippen LogP contribution in [0.25, 0.3) is 0 Å². The molecule has 1 saturated carbocycles. The predicted octanol–water partition coefficient (Wildman–Crippen LogP) is 2.53. The smallest absolute Gasteiger partial charge is 0.0347 e. The standard InChI is InChI=1S/C13H20N2/c1-9-6-7-13(14)10(2)12(9)8-15-11-4-3-5-11/h6-7,11,15H,3-5,8,14H2,1-2H3. The van der Waals surface area contributed by atoms with Gasteiger partial charge in [-0.15, -0.1) is 0 Å². The predicted molar refractivity (Wildman–Crippen MR) is 64.8 cm³/mol. The van der Waals surface area contributed by atoms with Gasteiger partial charge in [0.05, 0.1) is 0 Å². The minimum absolute atomic E-state index is 0.741. The first kappa shape index (κ1) is 10.5. The first-order valence-corrected chi connectivity index (χ1v) is 5.76. The van der Waals surface area contributed by atoms with E-state index in [1.165, 1.54) is 36.0 Å². The molecular formula is C13H20N2. The van der Waals surface area contributed by atoms with E-state index in [1.54, 1.807) is 0 Å². The third kappa shape index (κ3) is 2.15. The molecule has 0 aromatic heterocycles. The van der Waals surface area contributed by atoms with E-state index in [-0.39, 0.29) is 0 Å². The second kappa shape index (κ2) is 4.23. The van der Waals surface area contributed by atoms with Gasteiger partial charge in [0.15, 0.2) is 0 Å². The van der Waals surface area contributed by atoms with Crippen LogP contribution in [-0.4, -0.2) is 6.04 Å². The molecule has 0 atom stereocenters. The molecule has 0 radical (unpaired) electrons. The molecule has 1 fully saturated rings. The molecule has 0 amide bonds. The summed E-state index contributed by atoms with van der Waals surface area (Å²) in [4.78, 5) is 0. The zero-order valence-corrected chi connectivity index (χ0v) is 9.64. The van der Waals surface area contributed by atoms with Crippen LogP contribution in [0.2, 0.25) is 0 Å². The fraction of sp³-hybridized carbons (Fsp3) is 0.538. The number of hydrogen-bond donors (Lipinski definition) is 2. The first-order chi connectivity index (χ1) is 7.18. The lowest BCUT2D eigenvalue weighted by Gasteiger charge is -2.27. The van der Waals surface area contributed by atoms with Gasteiger partial charge in [-0.3, -0.25) is 0 Å². The minimum Gasteiger partial charge on any atom is -0.399 e. The second-order valence-corrected chi connectivity index (χ2v) is 4.58. The van der Waals surface area contributed by atoms with Crippen LogP contribution >= 0.6 is 0 Å². The Labute approximate surface area is 91.9 Å². The SMILES string of the molecule is Cc1ccc(N)c(C)c1CNC1CCC1. The maximum Gasteiger partial charge on any atom is 0.0347 e. The van der Waals surface area contributed by atoms with Crippen LogP contribution in [-0.2, 0) is 6.54 Å². The van der Waals surface area contributed by atoms with E-state index in [4.69, 9.17) is 5.73 Å². The Morgan fingerprint density at radius 1 is 1.33 bits per heavy atom. The maximum atomic E-state index is 5.91. The van der Waals surface area contributed by atoms with Crippen molar-refractivity contribution in [3.05, 3.63) is 28.8 Å². The van der Waals surface area contributed by atoms with Crippen LogP contribution in [0, 0.1) is 13.8 Å². The summed E-state index contributed by atoms with van der Waals surface area (Å²) in [5.74, 6) is 0. The van der Waals surface area contributed by atoms with Crippen LogP contribution in [0.4, 0.5) is 5.69 Å². The van der Waals surface area contributed by atoms with Gasteiger partial charge in [-0.2, -0.15) is 0 Å². The van der Waals surface area contributed by atoms with E-state index >= 15 is 0 Å². The number of aryl methyl sites for hydroxylation is 1. The number of benzene rings is 1. The zero-order chi connectivity index (χ0) is 10.8. The quantitative estimate of drug-likeness (QED) is 0.742. The van der Waals surface area contributed by atoms with Crippen LogP contribution in [0.5, 0.6) is 0 Å². The van der Waals surface area contributed by atoms with Gasteiger partial charge in [0.2, 0.25) is 0 Å². The van der Waals surface area contributed by atoms with Crippen molar-refractivity contribution in [3.8, 4) is 0 Å². The summed E-state index contributed by atoms with van der Waals surface area (Å²) >= 11 is 0. The van der Waals surface area contributed by atoms with E-state index in [0.717, 1.165) is 18.3 Å². The second-order valence-electron chi connectivity index (χ2n) is 4.58. The molecule has 15 heavy (non-hydrogen) atoms. The molecule has 82 valence electrons. The molecule has 0 spiro atoms. The molecule has 2 nitrogen and oxygen atoms in total. The molecule has 2 heteroatoms. The molecule has 2 rings (SSSR count). The van der Waals surface area contributed by atoms with Crippen molar-refractivity contribution in [2.24, 2.45) is 0 Å². The van der Waals surface area contributed by atoms with Crippen molar-refractivity contribution in [1.29, 1.82) is 0 Å². The van der Waals surface area contributed by atoms with E-state index in [9.17, 15) is 0 Å². The Kier molecular flexibility index (Phi) is 2.96. The molecule has 1 aromatic carbocycles. The average Bonchev–Trinajstić information content (AvgIpc) is 2.15. The van der Waals surface area contributed by atoms with E-state index in [2.05, 4.69) is 25.2 Å². The van der Waals surface area contributed by atoms with Gasteiger partial charge in [-0.1, -0.05) is 12.5 Å². The Balaban J connectivity index is 2.08. The monoisotopic (exact) mass is 204 g/mol. The molecule has 1 aromatic rings. The molecule has 0 aliphatic heterocycles. The van der Waals surface area contributed by atoms with E-state index in [0.29, 0.717) is 0 Å². The summed E-state index contributed by atoms with van der Waals surface area (Å²) in [6, 6.07) is 4.85. The zero-order valence-electron chi connectivity index (χ0n) is 9.64. The third-order valence-electron chi connectivity index (χ3n) is 3.55. The topological polar surface area (TPSA) is 38.0 Å². The minimum atomic E-state index is 0.741. The van der Waals surface area contributed by atoms with Crippen molar-refractivity contribution in [2.75, 3.05) is 5.73 Å². The van der Waals surface area contributed by atoms with Crippen molar-refractivity contribution in [2.45, 2.75) is 45.7 Å². The number of rotatable bonds is 3. The van der Waals surface area contributed by atoms with Gasteiger partial charge in [0.25, 0.3) is 0 Å². The molecule has 0 unspecified atom stereocenters. The number of nitrogens with one attached hydrogen (secondary N) is 1. The van der Waals surface area contributed by atoms with Crippen LogP contribution in [0.3, 0.4) is 0 Å². The van der Waals surface area contributed by atoms with Gasteiger partial charge in [-0.05, 0) is 49.4 Å². The van der Waals surface area contributed by atoms with Gasteiger partial charge in [0, 0.05) is 18.3 Å². The van der Waals surface area contributed by atoms with Gasteiger partial charge in [0.1, 0.15) is 0 Å². The lowest BCUT2D eigenvalue weighted by Crippen LogP contribution is -2.34. The Morgan fingerprint density at radius 2 is 2.07 bits per heavy atom. The summed E-state index contributed by atoms with van der Waals surface area (Å²) in [5.41, 5.74) is 10.8. The summed E-state index contributed by atoms with van der Waals surface area (Å²) in [5, 5.41) is 3.59. The maximum absolute atomic E-state index is 5.91. The van der Waals surface area contributed by atoms with E-state index < -0.39 is 0 Å². The molecular weight excluding hydrogens is 184 g/mol. The fourth-order valence-corrected chi connectivity index (χ4v) is 2.04. The lowest BCUT2D eigenvalue weighted by atomic mass is 9.92. The lowest BCUT2D eigenvalue weighted by molar-refractivity contribution is 0.338. The number of nitrogen functional groups attached to an aromatic ring is 1. The van der Waals surface area contributed by atoms with Gasteiger partial charge >= 0.3 is 0 Å². The summed E-state index contributed by atoms with van der Waals surface area (Å²) in [6.07, 6.45) is 4.05. The number of hydrogen-bond acceptors (Lipinski definition) is 2. The first-order valence-electron chi connectivity index (χ1n) is 5.76. The summed E-state index contributed by atoms with van der Waals surface area (Å²) < 4.78 is 0. The molecule has 0 bridgehead atoms. The Morgan fingerprint density at radius 3 is 2.67 bits per heavy atom. The summed E-state index contributed by atoms with van der Waals surface area (Å²) in [7, 11) is 0. The van der Waals surface area contributed by atoms with Crippen molar-refractivity contribution < 1.29 is 0 Å². The molecule has 3 N–H and O–H groups in total. The number of anilines is 1. The summed E-state index contributed by atoms with van der Waals surface area (Å²) in [6.45, 7) is 5.23. The highest BCUT2D eigenvalue weighted by molar-refractivity contribution is 5.52. The normalized spacial score (nSPS) is 16.4. The van der Waals surface area contributed by atoms with Gasteiger partial charge < -0.3 is 11.1 Å². The van der Waals surface area contributed by atoms with Crippen molar-refractivity contribution in [1.82, 2.24) is 5.32 Å². The molecule has 1 aliphatic rings. The van der Waals surface area contributed by atoms with Crippen LogP contribution in [0.15, 0.2) is 12.1 Å². The van der Waals surface area contributed by atoms with Crippen molar-refractivity contribution >= 4 is 5.69 Å². The highest BCUT2D eigenvalue weighted by Crippen LogP contribution is 2.22. The van der Waals surface area contributed by atoms with Crippen molar-refractivity contribution in [3.63, 3.8) is 0 Å². The highest BCUT2D eigenvalue weighted by Gasteiger charge is 2.17. The van der Waals surface area contributed by atoms with Gasteiger partial charge in [-0.25, -0.2) is 0 Å². The largest absolute Gasteiger partial charge is 0.399 e. The van der Waals surface area contributed by atoms with Crippen LogP contribution in [0.1, 0.15) is 36.0 Å². The third-order valence-corrected chi connectivity index (χ3v) is 3.55. The Bertz CT molecular complexity index is 354. The van der Waals surface area contributed by atoms with E-state index in [1.807, 2.05) is 6.07 Å². The number of nitrogens with two attached hydrogens (primary N) is 1. The Hall–Kier alpha value is -1.02. The molecule has 1 aliphatic carbocycles.